The molecule has 1 N–H and O–H groups in total. The van der Waals surface area contributed by atoms with E-state index in [-0.39, 0.29) is 12.4 Å². The molecule has 2 rings (SSSR count). The fourth-order valence-electron chi connectivity index (χ4n) is 1.76. The Kier molecular flexibility index (Phi) is 6.23. The van der Waals surface area contributed by atoms with Crippen LogP contribution in [0.2, 0.25) is 0 Å². The molecule has 0 spiro atoms. The van der Waals surface area contributed by atoms with E-state index in [9.17, 15) is 9.18 Å². The molecule has 0 saturated carbocycles. The van der Waals surface area contributed by atoms with Gasteiger partial charge in [-0.1, -0.05) is 30.3 Å². The number of halogens is 1. The molecule has 0 unspecified atom stereocenters. The van der Waals surface area contributed by atoms with Crippen molar-refractivity contribution in [2.45, 2.75) is 13.0 Å². The number of hydrogen-bond donors (Lipinski definition) is 1. The van der Waals surface area contributed by atoms with Crippen molar-refractivity contribution in [3.63, 3.8) is 0 Å². The predicted octanol–water partition coefficient (Wildman–Crippen LogP) is 3.52. The van der Waals surface area contributed by atoms with Gasteiger partial charge < -0.3 is 14.8 Å². The minimum absolute atomic E-state index is 0.249. The molecule has 0 saturated heterocycles. The smallest absolute Gasteiger partial charge is 0.407 e. The molecule has 0 fully saturated rings. The summed E-state index contributed by atoms with van der Waals surface area (Å²) >= 11 is 0. The first-order valence-corrected chi connectivity index (χ1v) is 7.07. The van der Waals surface area contributed by atoms with E-state index in [0.29, 0.717) is 25.3 Å². The van der Waals surface area contributed by atoms with E-state index in [1.54, 1.807) is 12.1 Å². The molecule has 5 heteroatoms. The normalized spacial score (nSPS) is 10.0. The van der Waals surface area contributed by atoms with Crippen molar-refractivity contribution in [2.24, 2.45) is 0 Å². The van der Waals surface area contributed by atoms with E-state index in [1.807, 2.05) is 30.3 Å². The lowest BCUT2D eigenvalue weighted by atomic mass is 10.2. The Balaban J connectivity index is 1.54. The molecule has 0 atom stereocenters. The van der Waals surface area contributed by atoms with Gasteiger partial charge in [0.05, 0.1) is 6.61 Å². The highest BCUT2D eigenvalue weighted by molar-refractivity contribution is 5.67. The molecule has 22 heavy (non-hydrogen) atoms. The quantitative estimate of drug-likeness (QED) is 0.796. The Bertz CT molecular complexity index is 572. The third-order valence-electron chi connectivity index (χ3n) is 2.89. The molecule has 0 aromatic heterocycles. The van der Waals surface area contributed by atoms with Crippen LogP contribution in [0, 0.1) is 5.82 Å². The van der Waals surface area contributed by atoms with Crippen LogP contribution in [0.3, 0.4) is 0 Å². The summed E-state index contributed by atoms with van der Waals surface area (Å²) in [5.41, 5.74) is 0.942. The molecule has 0 bridgehead atoms. The second kappa shape index (κ2) is 8.67. The highest BCUT2D eigenvalue weighted by atomic mass is 19.1. The second-order valence-electron chi connectivity index (χ2n) is 4.64. The molecular formula is C17H18FNO3. The number of alkyl carbamates (subject to hydrolysis) is 1. The number of hydrogen-bond acceptors (Lipinski definition) is 3. The Morgan fingerprint density at radius 1 is 1.05 bits per heavy atom. The standard InChI is InChI=1S/C17H18FNO3/c18-15-7-9-16(10-8-15)21-12-4-11-19-17(20)22-13-14-5-2-1-3-6-14/h1-3,5-10H,4,11-13H2,(H,19,20). The molecular weight excluding hydrogens is 285 g/mol. The maximum absolute atomic E-state index is 12.7. The molecule has 116 valence electrons. The van der Waals surface area contributed by atoms with Gasteiger partial charge in [0, 0.05) is 6.54 Å². The Morgan fingerprint density at radius 3 is 2.50 bits per heavy atom. The van der Waals surface area contributed by atoms with Crippen LogP contribution in [-0.4, -0.2) is 19.2 Å². The highest BCUT2D eigenvalue weighted by Crippen LogP contribution is 2.10. The van der Waals surface area contributed by atoms with Crippen LogP contribution >= 0.6 is 0 Å². The zero-order valence-electron chi connectivity index (χ0n) is 12.1. The summed E-state index contributed by atoms with van der Waals surface area (Å²) in [5.74, 6) is 0.309. The van der Waals surface area contributed by atoms with E-state index >= 15 is 0 Å². The molecule has 1 amide bonds. The van der Waals surface area contributed by atoms with Crippen molar-refractivity contribution < 1.29 is 18.7 Å². The van der Waals surface area contributed by atoms with Crippen LogP contribution < -0.4 is 10.1 Å². The fraction of sp³-hybridized carbons (Fsp3) is 0.235. The molecule has 4 nitrogen and oxygen atoms in total. The summed E-state index contributed by atoms with van der Waals surface area (Å²) in [6.07, 6.45) is 0.184. The average Bonchev–Trinajstić information content (AvgIpc) is 2.55. The van der Waals surface area contributed by atoms with E-state index in [2.05, 4.69) is 5.32 Å². The Labute approximate surface area is 128 Å². The van der Waals surface area contributed by atoms with Gasteiger partial charge in [-0.2, -0.15) is 0 Å². The third kappa shape index (κ3) is 5.83. The van der Waals surface area contributed by atoms with Crippen LogP contribution in [0.1, 0.15) is 12.0 Å². The summed E-state index contributed by atoms with van der Waals surface area (Å²) in [4.78, 5) is 11.5. The number of benzene rings is 2. The van der Waals surface area contributed by atoms with Crippen molar-refractivity contribution in [1.29, 1.82) is 0 Å². The number of nitrogens with one attached hydrogen (secondary N) is 1. The Hall–Kier alpha value is -2.56. The summed E-state index contributed by atoms with van der Waals surface area (Å²) in [7, 11) is 0. The SMILES string of the molecule is O=C(NCCCOc1ccc(F)cc1)OCc1ccccc1. The largest absolute Gasteiger partial charge is 0.494 e. The third-order valence-corrected chi connectivity index (χ3v) is 2.89. The number of ether oxygens (including phenoxy) is 2. The number of amides is 1. The summed E-state index contributed by atoms with van der Waals surface area (Å²) < 4.78 is 23.2. The van der Waals surface area contributed by atoms with E-state index < -0.39 is 6.09 Å². The van der Waals surface area contributed by atoms with Crippen molar-refractivity contribution in [1.82, 2.24) is 5.32 Å². The monoisotopic (exact) mass is 303 g/mol. The number of rotatable bonds is 7. The first-order valence-electron chi connectivity index (χ1n) is 7.07. The molecule has 0 radical (unpaired) electrons. The predicted molar refractivity (Wildman–Crippen MR) is 81.1 cm³/mol. The molecule has 0 aliphatic heterocycles. The lowest BCUT2D eigenvalue weighted by Gasteiger charge is -2.08. The van der Waals surface area contributed by atoms with E-state index in [1.165, 1.54) is 12.1 Å². The van der Waals surface area contributed by atoms with Gasteiger partial charge in [0.1, 0.15) is 18.2 Å². The van der Waals surface area contributed by atoms with Gasteiger partial charge >= 0.3 is 6.09 Å². The maximum atomic E-state index is 12.7. The van der Waals surface area contributed by atoms with Crippen LogP contribution in [0.15, 0.2) is 54.6 Å². The minimum atomic E-state index is -0.453. The van der Waals surface area contributed by atoms with Crippen LogP contribution in [-0.2, 0) is 11.3 Å². The van der Waals surface area contributed by atoms with Crippen LogP contribution in [0.4, 0.5) is 9.18 Å². The van der Waals surface area contributed by atoms with Gasteiger partial charge in [0.15, 0.2) is 0 Å². The average molecular weight is 303 g/mol. The lowest BCUT2D eigenvalue weighted by Crippen LogP contribution is -2.26. The van der Waals surface area contributed by atoms with Gasteiger partial charge in [-0.15, -0.1) is 0 Å². The molecule has 2 aromatic rings. The maximum Gasteiger partial charge on any atom is 0.407 e. The minimum Gasteiger partial charge on any atom is -0.494 e. The van der Waals surface area contributed by atoms with Gasteiger partial charge in [-0.05, 0) is 36.2 Å². The van der Waals surface area contributed by atoms with Crippen molar-refractivity contribution in [2.75, 3.05) is 13.2 Å². The zero-order valence-corrected chi connectivity index (χ0v) is 12.1. The number of carbonyl (C=O) groups excluding carboxylic acids is 1. The van der Waals surface area contributed by atoms with Gasteiger partial charge in [-0.3, -0.25) is 0 Å². The van der Waals surface area contributed by atoms with E-state index in [4.69, 9.17) is 9.47 Å². The van der Waals surface area contributed by atoms with Gasteiger partial charge in [0.2, 0.25) is 0 Å². The van der Waals surface area contributed by atoms with Crippen molar-refractivity contribution in [3.05, 3.63) is 66.0 Å². The van der Waals surface area contributed by atoms with Crippen molar-refractivity contribution in [3.8, 4) is 5.75 Å². The summed E-state index contributed by atoms with van der Waals surface area (Å²) in [5, 5.41) is 2.65. The van der Waals surface area contributed by atoms with Crippen LogP contribution in [0.25, 0.3) is 0 Å². The topological polar surface area (TPSA) is 47.6 Å². The Morgan fingerprint density at radius 2 is 1.77 bits per heavy atom. The first-order chi connectivity index (χ1) is 10.7. The fourth-order valence-corrected chi connectivity index (χ4v) is 1.76. The van der Waals surface area contributed by atoms with Gasteiger partial charge in [-0.25, -0.2) is 9.18 Å². The summed E-state index contributed by atoms with van der Waals surface area (Å²) in [6, 6.07) is 15.3. The molecule has 0 aliphatic carbocycles. The molecule has 0 heterocycles. The van der Waals surface area contributed by atoms with Crippen molar-refractivity contribution >= 4 is 6.09 Å². The van der Waals surface area contributed by atoms with E-state index in [0.717, 1.165) is 5.56 Å². The molecule has 0 aliphatic rings. The highest BCUT2D eigenvalue weighted by Gasteiger charge is 2.02. The van der Waals surface area contributed by atoms with Crippen LogP contribution in [0.5, 0.6) is 5.75 Å². The molecule has 2 aromatic carbocycles. The first kappa shape index (κ1) is 15.8. The second-order valence-corrected chi connectivity index (χ2v) is 4.64. The number of carbonyl (C=O) groups is 1. The lowest BCUT2D eigenvalue weighted by molar-refractivity contribution is 0.139. The van der Waals surface area contributed by atoms with Gasteiger partial charge in [0.25, 0.3) is 0 Å². The zero-order chi connectivity index (χ0) is 15.6. The summed E-state index contributed by atoms with van der Waals surface area (Å²) in [6.45, 7) is 1.14.